The summed E-state index contributed by atoms with van der Waals surface area (Å²) in [5.41, 5.74) is 2.32. The number of hydrogen-bond acceptors (Lipinski definition) is 1. The summed E-state index contributed by atoms with van der Waals surface area (Å²) in [5, 5.41) is 4.92. The Morgan fingerprint density at radius 3 is 2.24 bits per heavy atom. The number of hydrogen-bond donors (Lipinski definition) is 1. The van der Waals surface area contributed by atoms with Crippen molar-refractivity contribution in [1.82, 2.24) is 5.32 Å². The van der Waals surface area contributed by atoms with Crippen LogP contribution >= 0.6 is 23.2 Å². The van der Waals surface area contributed by atoms with Crippen LogP contribution in [0.15, 0.2) is 48.5 Å². The number of nitrogens with one attached hydrogen (secondary N) is 1. The van der Waals surface area contributed by atoms with E-state index in [4.69, 9.17) is 23.2 Å². The van der Waals surface area contributed by atoms with Crippen molar-refractivity contribution in [2.75, 3.05) is 0 Å². The second-order valence-corrected chi connectivity index (χ2v) is 4.67. The molecule has 0 aliphatic heterocycles. The molecule has 2 aromatic carbocycles. The maximum absolute atomic E-state index is 6.07. The van der Waals surface area contributed by atoms with Crippen LogP contribution < -0.4 is 5.32 Å². The average molecular weight is 266 g/mol. The van der Waals surface area contributed by atoms with E-state index in [1.165, 1.54) is 5.56 Å². The molecule has 0 bridgehead atoms. The minimum absolute atomic E-state index is 0.764. The van der Waals surface area contributed by atoms with Crippen molar-refractivity contribution in [3.63, 3.8) is 0 Å². The topological polar surface area (TPSA) is 12.0 Å². The van der Waals surface area contributed by atoms with Gasteiger partial charge in [0.1, 0.15) is 0 Å². The second-order valence-electron chi connectivity index (χ2n) is 3.82. The Balaban J connectivity index is 1.88. The van der Waals surface area contributed by atoms with E-state index >= 15 is 0 Å². The minimum Gasteiger partial charge on any atom is -0.309 e. The van der Waals surface area contributed by atoms with E-state index in [0.29, 0.717) is 0 Å². The highest BCUT2D eigenvalue weighted by molar-refractivity contribution is 6.31. The number of halogens is 2. The molecule has 0 saturated heterocycles. The van der Waals surface area contributed by atoms with Crippen LogP contribution in [0.4, 0.5) is 0 Å². The smallest absolute Gasteiger partial charge is 0.0450 e. The summed E-state index contributed by atoms with van der Waals surface area (Å²) in [4.78, 5) is 0. The van der Waals surface area contributed by atoms with Crippen LogP contribution in [-0.4, -0.2) is 0 Å². The van der Waals surface area contributed by atoms with Crippen molar-refractivity contribution in [1.29, 1.82) is 0 Å². The number of rotatable bonds is 4. The molecule has 2 rings (SSSR count). The zero-order chi connectivity index (χ0) is 12.1. The summed E-state index contributed by atoms with van der Waals surface area (Å²) in [6.07, 6.45) is 0. The molecule has 0 heterocycles. The van der Waals surface area contributed by atoms with E-state index < -0.39 is 0 Å². The van der Waals surface area contributed by atoms with Crippen LogP contribution in [0.1, 0.15) is 11.1 Å². The van der Waals surface area contributed by atoms with E-state index in [-0.39, 0.29) is 0 Å². The van der Waals surface area contributed by atoms with Gasteiger partial charge in [-0.3, -0.25) is 0 Å². The molecular formula is C14H13Cl2N. The largest absolute Gasteiger partial charge is 0.309 e. The molecule has 0 atom stereocenters. The lowest BCUT2D eigenvalue weighted by molar-refractivity contribution is 0.693. The third-order valence-corrected chi connectivity index (χ3v) is 3.14. The Bertz CT molecular complexity index is 480. The van der Waals surface area contributed by atoms with Gasteiger partial charge in [0, 0.05) is 23.1 Å². The molecular weight excluding hydrogens is 253 g/mol. The highest BCUT2D eigenvalue weighted by Gasteiger charge is 1.98. The fourth-order valence-electron chi connectivity index (χ4n) is 1.59. The van der Waals surface area contributed by atoms with E-state index in [1.54, 1.807) is 0 Å². The van der Waals surface area contributed by atoms with Crippen LogP contribution in [-0.2, 0) is 13.1 Å². The molecule has 0 spiro atoms. The molecule has 0 saturated carbocycles. The Kier molecular flexibility index (Phi) is 4.43. The molecule has 0 radical (unpaired) electrons. The summed E-state index contributed by atoms with van der Waals surface area (Å²) in [6.45, 7) is 1.57. The Labute approximate surface area is 111 Å². The van der Waals surface area contributed by atoms with Gasteiger partial charge in [-0.05, 0) is 29.3 Å². The average Bonchev–Trinajstić information content (AvgIpc) is 2.34. The first-order valence-corrected chi connectivity index (χ1v) is 6.20. The first kappa shape index (κ1) is 12.4. The predicted molar refractivity (Wildman–Crippen MR) is 73.4 cm³/mol. The van der Waals surface area contributed by atoms with Gasteiger partial charge in [-0.15, -0.1) is 0 Å². The van der Waals surface area contributed by atoms with Crippen molar-refractivity contribution in [3.05, 3.63) is 69.7 Å². The first-order chi connectivity index (χ1) is 8.25. The van der Waals surface area contributed by atoms with E-state index in [9.17, 15) is 0 Å². The van der Waals surface area contributed by atoms with Gasteiger partial charge in [0.15, 0.2) is 0 Å². The lowest BCUT2D eigenvalue weighted by Crippen LogP contribution is -2.12. The van der Waals surface area contributed by atoms with Gasteiger partial charge in [0.2, 0.25) is 0 Å². The molecule has 0 fully saturated rings. The van der Waals surface area contributed by atoms with Crippen molar-refractivity contribution in [2.24, 2.45) is 0 Å². The summed E-state index contributed by atoms with van der Waals surface area (Å²) in [5.74, 6) is 0. The third kappa shape index (κ3) is 3.74. The fraction of sp³-hybridized carbons (Fsp3) is 0.143. The minimum atomic E-state index is 0.764. The first-order valence-electron chi connectivity index (χ1n) is 5.44. The molecule has 3 heteroatoms. The molecule has 88 valence electrons. The molecule has 2 aromatic rings. The quantitative estimate of drug-likeness (QED) is 0.870. The lowest BCUT2D eigenvalue weighted by Gasteiger charge is -2.06. The van der Waals surface area contributed by atoms with Crippen molar-refractivity contribution < 1.29 is 0 Å². The predicted octanol–water partition coefficient (Wildman–Crippen LogP) is 4.28. The van der Waals surface area contributed by atoms with Crippen molar-refractivity contribution in [2.45, 2.75) is 13.1 Å². The number of benzene rings is 2. The van der Waals surface area contributed by atoms with Gasteiger partial charge in [-0.1, -0.05) is 53.5 Å². The molecule has 0 aliphatic carbocycles. The molecule has 0 amide bonds. The molecule has 1 nitrogen and oxygen atoms in total. The molecule has 1 N–H and O–H groups in total. The Morgan fingerprint density at radius 2 is 1.53 bits per heavy atom. The third-order valence-electron chi connectivity index (χ3n) is 2.52. The van der Waals surface area contributed by atoms with E-state index in [1.807, 2.05) is 48.5 Å². The standard InChI is InChI=1S/C14H13Cl2N/c15-13-7-5-11(6-8-13)9-17-10-12-3-1-2-4-14(12)16/h1-8,17H,9-10H2. The summed E-state index contributed by atoms with van der Waals surface area (Å²) < 4.78 is 0. The normalized spacial score (nSPS) is 10.5. The maximum atomic E-state index is 6.07. The van der Waals surface area contributed by atoms with Crippen LogP contribution in [0, 0.1) is 0 Å². The van der Waals surface area contributed by atoms with Crippen LogP contribution in [0.3, 0.4) is 0 Å². The van der Waals surface area contributed by atoms with Crippen molar-refractivity contribution >= 4 is 23.2 Å². The van der Waals surface area contributed by atoms with Crippen LogP contribution in [0.25, 0.3) is 0 Å². The highest BCUT2D eigenvalue weighted by Crippen LogP contribution is 2.14. The SMILES string of the molecule is Clc1ccc(CNCc2ccccc2Cl)cc1. The molecule has 0 unspecified atom stereocenters. The molecule has 17 heavy (non-hydrogen) atoms. The Hall–Kier alpha value is -1.02. The van der Waals surface area contributed by atoms with Crippen LogP contribution in [0.2, 0.25) is 10.0 Å². The zero-order valence-electron chi connectivity index (χ0n) is 9.29. The monoisotopic (exact) mass is 265 g/mol. The summed E-state index contributed by atoms with van der Waals surface area (Å²) in [6, 6.07) is 15.7. The summed E-state index contributed by atoms with van der Waals surface area (Å²) >= 11 is 11.9. The highest BCUT2D eigenvalue weighted by atomic mass is 35.5. The molecule has 0 aliphatic rings. The lowest BCUT2D eigenvalue weighted by atomic mass is 10.2. The van der Waals surface area contributed by atoms with Gasteiger partial charge in [-0.2, -0.15) is 0 Å². The fourth-order valence-corrected chi connectivity index (χ4v) is 1.91. The van der Waals surface area contributed by atoms with Gasteiger partial charge < -0.3 is 5.32 Å². The van der Waals surface area contributed by atoms with Crippen LogP contribution in [0.5, 0.6) is 0 Å². The van der Waals surface area contributed by atoms with Gasteiger partial charge in [-0.25, -0.2) is 0 Å². The Morgan fingerprint density at radius 1 is 0.824 bits per heavy atom. The second kappa shape index (κ2) is 6.06. The van der Waals surface area contributed by atoms with Gasteiger partial charge in [0.25, 0.3) is 0 Å². The van der Waals surface area contributed by atoms with Gasteiger partial charge in [0.05, 0.1) is 0 Å². The van der Waals surface area contributed by atoms with E-state index in [2.05, 4.69) is 5.32 Å². The van der Waals surface area contributed by atoms with Gasteiger partial charge >= 0.3 is 0 Å². The summed E-state index contributed by atoms with van der Waals surface area (Å²) in [7, 11) is 0. The van der Waals surface area contributed by atoms with Crippen molar-refractivity contribution in [3.8, 4) is 0 Å². The molecule has 0 aromatic heterocycles. The zero-order valence-corrected chi connectivity index (χ0v) is 10.8. The van der Waals surface area contributed by atoms with E-state index in [0.717, 1.165) is 28.7 Å². The maximum Gasteiger partial charge on any atom is 0.0450 e.